The Kier molecular flexibility index (Phi) is 6.93. The molecule has 0 fully saturated rings. The van der Waals surface area contributed by atoms with E-state index in [4.69, 9.17) is 8.94 Å². The summed E-state index contributed by atoms with van der Waals surface area (Å²) in [6.45, 7) is 7.89. The van der Waals surface area contributed by atoms with Crippen LogP contribution < -0.4 is 5.32 Å². The molecular weight excluding hydrogens is 516 g/mol. The van der Waals surface area contributed by atoms with Crippen molar-refractivity contribution in [2.75, 3.05) is 0 Å². The molecule has 0 bridgehead atoms. The minimum atomic E-state index is -0.445. The maximum atomic E-state index is 13.4. The van der Waals surface area contributed by atoms with Gasteiger partial charge in [-0.15, -0.1) is 5.10 Å². The Labute approximate surface area is 237 Å². The third kappa shape index (κ3) is 5.26. The van der Waals surface area contributed by atoms with E-state index in [1.54, 1.807) is 11.0 Å². The molecular formula is C32H30N6O3. The number of amides is 1. The van der Waals surface area contributed by atoms with Gasteiger partial charge in [0.15, 0.2) is 0 Å². The standard InChI is InChI=1S/C32H30N6O3/c1-19-10-12-26(20(2)14-19)31(24-8-6-5-7-9-24)34-29(39)16-23-11-13-27-25(15-23)17-28(40-27)32(38-18-33-36-37-38)30-21(3)35-41-22(30)4/h5-15,17-18,31-32H,16H2,1-4H3,(H,34,39). The molecule has 2 atom stereocenters. The molecule has 41 heavy (non-hydrogen) atoms. The Hall–Kier alpha value is -5.05. The van der Waals surface area contributed by atoms with Gasteiger partial charge in [-0.3, -0.25) is 4.79 Å². The minimum Gasteiger partial charge on any atom is -0.458 e. The van der Waals surface area contributed by atoms with Crippen LogP contribution in [0.5, 0.6) is 0 Å². The SMILES string of the molecule is Cc1ccc(C(NC(=O)Cc2ccc3oc(C(c4c(C)noc4C)n4cnnn4)cc3c2)c2ccccc2)c(C)c1. The summed E-state index contributed by atoms with van der Waals surface area (Å²) in [5.41, 5.74) is 7.61. The van der Waals surface area contributed by atoms with Crippen LogP contribution in [0.2, 0.25) is 0 Å². The van der Waals surface area contributed by atoms with E-state index in [-0.39, 0.29) is 18.4 Å². The van der Waals surface area contributed by atoms with Gasteiger partial charge in [-0.25, -0.2) is 4.68 Å². The summed E-state index contributed by atoms with van der Waals surface area (Å²) < 4.78 is 13.3. The normalized spacial score (nSPS) is 12.9. The van der Waals surface area contributed by atoms with E-state index in [1.165, 1.54) is 5.56 Å². The van der Waals surface area contributed by atoms with Crippen molar-refractivity contribution in [3.05, 3.63) is 130 Å². The van der Waals surface area contributed by atoms with Crippen molar-refractivity contribution in [2.45, 2.75) is 46.2 Å². The first kappa shape index (κ1) is 26.2. The lowest BCUT2D eigenvalue weighted by atomic mass is 9.93. The van der Waals surface area contributed by atoms with Crippen LogP contribution >= 0.6 is 0 Å². The van der Waals surface area contributed by atoms with Crippen molar-refractivity contribution in [3.8, 4) is 0 Å². The van der Waals surface area contributed by atoms with Gasteiger partial charge in [0.05, 0.1) is 18.2 Å². The van der Waals surface area contributed by atoms with Gasteiger partial charge in [0.2, 0.25) is 5.91 Å². The predicted molar refractivity (Wildman–Crippen MR) is 153 cm³/mol. The summed E-state index contributed by atoms with van der Waals surface area (Å²) in [7, 11) is 0. The smallest absolute Gasteiger partial charge is 0.225 e. The number of hydrogen-bond donors (Lipinski definition) is 1. The van der Waals surface area contributed by atoms with Crippen molar-refractivity contribution in [1.82, 2.24) is 30.7 Å². The fraction of sp³-hybridized carbons (Fsp3) is 0.219. The molecule has 2 unspecified atom stereocenters. The number of fused-ring (bicyclic) bond motifs is 1. The summed E-state index contributed by atoms with van der Waals surface area (Å²) in [5, 5.41) is 20.0. The zero-order chi connectivity index (χ0) is 28.5. The number of carbonyl (C=O) groups is 1. The van der Waals surface area contributed by atoms with E-state index >= 15 is 0 Å². The van der Waals surface area contributed by atoms with Crippen molar-refractivity contribution in [1.29, 1.82) is 0 Å². The number of tetrazole rings is 1. The van der Waals surface area contributed by atoms with Gasteiger partial charge >= 0.3 is 0 Å². The molecule has 0 saturated heterocycles. The van der Waals surface area contributed by atoms with Crippen molar-refractivity contribution in [3.63, 3.8) is 0 Å². The first-order valence-electron chi connectivity index (χ1n) is 13.5. The highest BCUT2D eigenvalue weighted by molar-refractivity contribution is 5.83. The molecule has 0 spiro atoms. The van der Waals surface area contributed by atoms with Crippen LogP contribution in [0.1, 0.15) is 62.7 Å². The molecule has 3 heterocycles. The quantitative estimate of drug-likeness (QED) is 0.260. The zero-order valence-electron chi connectivity index (χ0n) is 23.3. The van der Waals surface area contributed by atoms with Crippen LogP contribution in [-0.2, 0) is 11.2 Å². The van der Waals surface area contributed by atoms with Gasteiger partial charge < -0.3 is 14.3 Å². The Morgan fingerprint density at radius 3 is 2.51 bits per heavy atom. The summed E-state index contributed by atoms with van der Waals surface area (Å²) in [6.07, 6.45) is 1.77. The van der Waals surface area contributed by atoms with Crippen molar-refractivity contribution in [2.24, 2.45) is 0 Å². The van der Waals surface area contributed by atoms with Gasteiger partial charge in [0.25, 0.3) is 0 Å². The second-order valence-corrected chi connectivity index (χ2v) is 10.4. The van der Waals surface area contributed by atoms with Crippen molar-refractivity contribution >= 4 is 16.9 Å². The molecule has 3 aromatic carbocycles. The lowest BCUT2D eigenvalue weighted by Crippen LogP contribution is -2.31. The molecule has 206 valence electrons. The first-order chi connectivity index (χ1) is 19.9. The fourth-order valence-corrected chi connectivity index (χ4v) is 5.46. The maximum Gasteiger partial charge on any atom is 0.225 e. The molecule has 3 aromatic heterocycles. The van der Waals surface area contributed by atoms with Gasteiger partial charge in [0, 0.05) is 10.9 Å². The Morgan fingerprint density at radius 1 is 0.976 bits per heavy atom. The maximum absolute atomic E-state index is 13.4. The monoisotopic (exact) mass is 546 g/mol. The number of rotatable bonds is 8. The van der Waals surface area contributed by atoms with Gasteiger partial charge in [-0.1, -0.05) is 65.3 Å². The number of nitrogens with zero attached hydrogens (tertiary/aromatic N) is 5. The average molecular weight is 547 g/mol. The highest BCUT2D eigenvalue weighted by Gasteiger charge is 2.28. The minimum absolute atomic E-state index is 0.0656. The third-order valence-corrected chi connectivity index (χ3v) is 7.40. The van der Waals surface area contributed by atoms with Crippen LogP contribution in [0.25, 0.3) is 11.0 Å². The molecule has 6 aromatic rings. The van der Waals surface area contributed by atoms with E-state index in [0.29, 0.717) is 17.1 Å². The van der Waals surface area contributed by atoms with E-state index < -0.39 is 6.04 Å². The lowest BCUT2D eigenvalue weighted by Gasteiger charge is -2.22. The van der Waals surface area contributed by atoms with E-state index in [1.807, 2.05) is 68.4 Å². The highest BCUT2D eigenvalue weighted by atomic mass is 16.5. The summed E-state index contributed by atoms with van der Waals surface area (Å²) in [4.78, 5) is 13.4. The largest absolute Gasteiger partial charge is 0.458 e. The summed E-state index contributed by atoms with van der Waals surface area (Å²) >= 11 is 0. The van der Waals surface area contributed by atoms with Gasteiger partial charge in [0.1, 0.15) is 29.5 Å². The van der Waals surface area contributed by atoms with Crippen LogP contribution in [0.4, 0.5) is 0 Å². The average Bonchev–Trinajstić information content (AvgIpc) is 3.71. The van der Waals surface area contributed by atoms with E-state index in [2.05, 4.69) is 58.0 Å². The molecule has 0 aliphatic carbocycles. The lowest BCUT2D eigenvalue weighted by molar-refractivity contribution is -0.120. The van der Waals surface area contributed by atoms with E-state index in [9.17, 15) is 4.79 Å². The number of carbonyl (C=O) groups excluding carboxylic acids is 1. The van der Waals surface area contributed by atoms with Gasteiger partial charge in [-0.2, -0.15) is 0 Å². The summed E-state index contributed by atoms with van der Waals surface area (Å²) in [6, 6.07) is 23.4. The molecule has 6 rings (SSSR count). The fourth-order valence-electron chi connectivity index (χ4n) is 5.46. The molecule has 9 heteroatoms. The van der Waals surface area contributed by atoms with Crippen LogP contribution in [-0.4, -0.2) is 31.3 Å². The van der Waals surface area contributed by atoms with Crippen LogP contribution in [0, 0.1) is 27.7 Å². The number of nitrogens with one attached hydrogen (secondary N) is 1. The summed E-state index contributed by atoms with van der Waals surface area (Å²) in [5.74, 6) is 1.24. The molecule has 0 aliphatic rings. The highest BCUT2D eigenvalue weighted by Crippen LogP contribution is 2.34. The molecule has 0 radical (unpaired) electrons. The van der Waals surface area contributed by atoms with Crippen LogP contribution in [0.3, 0.4) is 0 Å². The molecule has 1 amide bonds. The molecule has 0 saturated carbocycles. The van der Waals surface area contributed by atoms with E-state index in [0.717, 1.165) is 38.9 Å². The second-order valence-electron chi connectivity index (χ2n) is 10.4. The Bertz CT molecular complexity index is 1800. The van der Waals surface area contributed by atoms with Crippen LogP contribution in [0.15, 0.2) is 88.1 Å². The topological polar surface area (TPSA) is 112 Å². The number of aryl methyl sites for hydroxylation is 4. The third-order valence-electron chi connectivity index (χ3n) is 7.40. The zero-order valence-corrected chi connectivity index (χ0v) is 23.3. The first-order valence-corrected chi connectivity index (χ1v) is 13.5. The second kappa shape index (κ2) is 10.8. The van der Waals surface area contributed by atoms with Gasteiger partial charge in [-0.05, 0) is 78.6 Å². The number of furan rings is 1. The molecule has 9 nitrogen and oxygen atoms in total. The number of benzene rings is 3. The predicted octanol–water partition coefficient (Wildman–Crippen LogP) is 5.73. The van der Waals surface area contributed by atoms with Crippen molar-refractivity contribution < 1.29 is 13.7 Å². The Balaban J connectivity index is 1.28. The molecule has 0 aliphatic heterocycles. The number of aromatic nitrogens is 5. The number of hydrogen-bond acceptors (Lipinski definition) is 7. The molecule has 1 N–H and O–H groups in total. The Morgan fingerprint density at radius 2 is 1.80 bits per heavy atom.